The summed E-state index contributed by atoms with van der Waals surface area (Å²) in [5.41, 5.74) is 1.87. The highest BCUT2D eigenvalue weighted by atomic mass is 16.2. The van der Waals surface area contributed by atoms with Gasteiger partial charge in [0.1, 0.15) is 0 Å². The van der Waals surface area contributed by atoms with Gasteiger partial charge < -0.3 is 4.90 Å². The molecule has 1 unspecified atom stereocenters. The number of fused-ring (bicyclic) bond motifs is 1. The van der Waals surface area contributed by atoms with Crippen LogP contribution in [0.15, 0.2) is 54.6 Å². The maximum atomic E-state index is 13.9. The van der Waals surface area contributed by atoms with Gasteiger partial charge in [-0.2, -0.15) is 0 Å². The second-order valence-corrected chi connectivity index (χ2v) is 11.1. The van der Waals surface area contributed by atoms with E-state index in [0.29, 0.717) is 5.92 Å². The third-order valence-electron chi connectivity index (χ3n) is 8.90. The molecule has 6 rings (SSSR count). The summed E-state index contributed by atoms with van der Waals surface area (Å²) in [6, 6.07) is 18.1. The van der Waals surface area contributed by atoms with E-state index in [1.54, 1.807) is 0 Å². The van der Waals surface area contributed by atoms with Crippen LogP contribution >= 0.6 is 0 Å². The van der Waals surface area contributed by atoms with E-state index in [9.17, 15) is 14.4 Å². The number of nitrogens with zero attached hydrogens (tertiary/aromatic N) is 2. The Morgan fingerprint density at radius 2 is 1.51 bits per heavy atom. The minimum atomic E-state index is -1.09. The van der Waals surface area contributed by atoms with Gasteiger partial charge in [0.15, 0.2) is 0 Å². The predicted molar refractivity (Wildman–Crippen MR) is 134 cm³/mol. The van der Waals surface area contributed by atoms with E-state index in [2.05, 4.69) is 12.1 Å². The lowest BCUT2D eigenvalue weighted by Gasteiger charge is -2.42. The Morgan fingerprint density at radius 1 is 0.829 bits per heavy atom. The van der Waals surface area contributed by atoms with Gasteiger partial charge in [-0.05, 0) is 54.2 Å². The van der Waals surface area contributed by atoms with Gasteiger partial charge in [-0.1, -0.05) is 73.9 Å². The molecule has 3 atom stereocenters. The van der Waals surface area contributed by atoms with Crippen LogP contribution in [-0.4, -0.2) is 46.7 Å². The van der Waals surface area contributed by atoms with Crippen LogP contribution in [0.5, 0.6) is 0 Å². The fourth-order valence-corrected chi connectivity index (χ4v) is 6.74. The molecule has 35 heavy (non-hydrogen) atoms. The van der Waals surface area contributed by atoms with Gasteiger partial charge in [0.25, 0.3) is 0 Å². The first-order valence-electron chi connectivity index (χ1n) is 13.4. The van der Waals surface area contributed by atoms with Crippen LogP contribution in [0, 0.1) is 11.8 Å². The van der Waals surface area contributed by atoms with Crippen molar-refractivity contribution in [2.24, 2.45) is 11.8 Å². The van der Waals surface area contributed by atoms with E-state index in [0.717, 1.165) is 55.0 Å². The van der Waals surface area contributed by atoms with Crippen molar-refractivity contribution in [1.82, 2.24) is 9.80 Å². The van der Waals surface area contributed by atoms with E-state index in [-0.39, 0.29) is 36.6 Å². The first-order chi connectivity index (χ1) is 17.0. The van der Waals surface area contributed by atoms with Crippen molar-refractivity contribution in [3.05, 3.63) is 60.2 Å². The Labute approximate surface area is 207 Å². The van der Waals surface area contributed by atoms with Crippen LogP contribution in [0.4, 0.5) is 0 Å². The van der Waals surface area contributed by atoms with Crippen molar-refractivity contribution in [2.45, 2.75) is 69.2 Å². The number of hydrogen-bond acceptors (Lipinski definition) is 3. The van der Waals surface area contributed by atoms with Gasteiger partial charge in [-0.3, -0.25) is 19.3 Å². The SMILES string of the molecule is O=C(CC1(c2ccc(-c3ccccc3)cc2)CC(=O)N(C2CC2)C1=O)N1CC[C@@H]2CCCC[C@H]2C1. The number of benzene rings is 2. The molecule has 4 aliphatic rings. The molecule has 0 bridgehead atoms. The largest absolute Gasteiger partial charge is 0.342 e. The first kappa shape index (κ1) is 22.5. The smallest absolute Gasteiger partial charge is 0.241 e. The summed E-state index contributed by atoms with van der Waals surface area (Å²) in [6.07, 6.45) is 8.06. The van der Waals surface area contributed by atoms with Crippen LogP contribution in [0.2, 0.25) is 0 Å². The van der Waals surface area contributed by atoms with Gasteiger partial charge in [0.2, 0.25) is 17.7 Å². The van der Waals surface area contributed by atoms with Crippen molar-refractivity contribution >= 4 is 17.7 Å². The summed E-state index contributed by atoms with van der Waals surface area (Å²) in [7, 11) is 0. The third kappa shape index (κ3) is 4.09. The Balaban J connectivity index is 1.29. The second-order valence-electron chi connectivity index (χ2n) is 11.1. The van der Waals surface area contributed by atoms with Crippen molar-refractivity contribution < 1.29 is 14.4 Å². The summed E-state index contributed by atoms with van der Waals surface area (Å²) < 4.78 is 0. The highest BCUT2D eigenvalue weighted by Crippen LogP contribution is 2.45. The van der Waals surface area contributed by atoms with Crippen molar-refractivity contribution in [3.8, 4) is 11.1 Å². The first-order valence-corrected chi connectivity index (χ1v) is 13.4. The Morgan fingerprint density at radius 3 is 2.23 bits per heavy atom. The number of carbonyl (C=O) groups excluding carboxylic acids is 3. The van der Waals surface area contributed by atoms with Crippen LogP contribution < -0.4 is 0 Å². The maximum Gasteiger partial charge on any atom is 0.241 e. The summed E-state index contributed by atoms with van der Waals surface area (Å²) >= 11 is 0. The molecule has 5 nitrogen and oxygen atoms in total. The molecule has 0 spiro atoms. The molecule has 2 saturated heterocycles. The monoisotopic (exact) mass is 470 g/mol. The third-order valence-corrected chi connectivity index (χ3v) is 8.90. The average molecular weight is 471 g/mol. The van der Waals surface area contributed by atoms with Crippen molar-refractivity contribution in [2.75, 3.05) is 13.1 Å². The predicted octanol–water partition coefficient (Wildman–Crippen LogP) is 4.94. The second kappa shape index (κ2) is 8.92. The number of piperidine rings is 1. The van der Waals surface area contributed by atoms with Gasteiger partial charge in [0, 0.05) is 32.0 Å². The van der Waals surface area contributed by atoms with Gasteiger partial charge in [-0.25, -0.2) is 0 Å². The fraction of sp³-hybridized carbons (Fsp3) is 0.500. The highest BCUT2D eigenvalue weighted by molar-refractivity contribution is 6.11. The van der Waals surface area contributed by atoms with E-state index in [1.165, 1.54) is 30.6 Å². The fourth-order valence-electron chi connectivity index (χ4n) is 6.74. The summed E-state index contributed by atoms with van der Waals surface area (Å²) in [6.45, 7) is 1.58. The summed E-state index contributed by atoms with van der Waals surface area (Å²) in [4.78, 5) is 44.1. The minimum absolute atomic E-state index is 0.0218. The minimum Gasteiger partial charge on any atom is -0.342 e. The van der Waals surface area contributed by atoms with E-state index in [4.69, 9.17) is 0 Å². The van der Waals surface area contributed by atoms with Crippen LogP contribution in [0.25, 0.3) is 11.1 Å². The van der Waals surface area contributed by atoms with Gasteiger partial charge in [-0.15, -0.1) is 0 Å². The van der Waals surface area contributed by atoms with Crippen LogP contribution in [-0.2, 0) is 19.8 Å². The zero-order chi connectivity index (χ0) is 24.0. The zero-order valence-corrected chi connectivity index (χ0v) is 20.3. The van der Waals surface area contributed by atoms with E-state index in [1.807, 2.05) is 47.4 Å². The molecule has 2 aromatic carbocycles. The molecule has 5 heteroatoms. The van der Waals surface area contributed by atoms with Crippen molar-refractivity contribution in [1.29, 1.82) is 0 Å². The Kier molecular flexibility index (Phi) is 5.74. The van der Waals surface area contributed by atoms with E-state index >= 15 is 0 Å². The molecule has 0 N–H and O–H groups in total. The quantitative estimate of drug-likeness (QED) is 0.582. The molecule has 2 aromatic rings. The molecule has 2 aliphatic carbocycles. The van der Waals surface area contributed by atoms with Gasteiger partial charge >= 0.3 is 0 Å². The Hall–Kier alpha value is -2.95. The molecular formula is C30H34N2O3. The number of imide groups is 1. The molecule has 3 amide bonds. The number of hydrogen-bond donors (Lipinski definition) is 0. The summed E-state index contributed by atoms with van der Waals surface area (Å²) in [5, 5.41) is 0. The molecule has 0 aromatic heterocycles. The molecule has 4 fully saturated rings. The number of amides is 3. The van der Waals surface area contributed by atoms with Crippen LogP contribution in [0.3, 0.4) is 0 Å². The molecule has 0 radical (unpaired) electrons. The number of rotatable bonds is 5. The highest BCUT2D eigenvalue weighted by Gasteiger charge is 2.57. The number of likely N-dealkylation sites (tertiary alicyclic amines) is 2. The van der Waals surface area contributed by atoms with Crippen LogP contribution in [0.1, 0.15) is 63.4 Å². The zero-order valence-electron chi connectivity index (χ0n) is 20.3. The number of carbonyl (C=O) groups is 3. The summed E-state index contributed by atoms with van der Waals surface area (Å²) in [5.74, 6) is 1.07. The Bertz CT molecular complexity index is 1120. The van der Waals surface area contributed by atoms with Gasteiger partial charge in [0.05, 0.1) is 5.41 Å². The topological polar surface area (TPSA) is 57.7 Å². The molecular weight excluding hydrogens is 436 g/mol. The lowest BCUT2D eigenvalue weighted by atomic mass is 9.73. The lowest BCUT2D eigenvalue weighted by molar-refractivity contribution is -0.144. The standard InChI is InChI=1S/C30H34N2O3/c33-27(31-17-16-22-8-4-5-9-24(22)20-31)18-30(19-28(34)32(29(30)35)26-14-15-26)25-12-10-23(11-13-25)21-6-2-1-3-7-21/h1-3,6-7,10-13,22,24,26H,4-5,8-9,14-20H2/t22-,24-,30?/m0/s1. The van der Waals surface area contributed by atoms with E-state index < -0.39 is 5.41 Å². The molecule has 2 aliphatic heterocycles. The molecule has 182 valence electrons. The average Bonchev–Trinajstić information content (AvgIpc) is 3.70. The molecule has 2 saturated carbocycles. The normalized spacial score (nSPS) is 28.8. The van der Waals surface area contributed by atoms with Crippen molar-refractivity contribution in [3.63, 3.8) is 0 Å². The lowest BCUT2D eigenvalue weighted by Crippen LogP contribution is -2.48. The maximum absolute atomic E-state index is 13.9. The molecule has 2 heterocycles.